The number of amides is 1. The number of halogens is 2. The standard InChI is InChI=1S/C14H10F2N4O3/c15-13(16)10-3-4-11(20(22)23)14(19-10)17-8-1-2-9-7(5-8)6-12(21)18-9/h1-5,13H,6H2,(H,17,19)(H,18,21). The number of hydrogen-bond acceptors (Lipinski definition) is 5. The lowest BCUT2D eigenvalue weighted by Crippen LogP contribution is -2.03. The van der Waals surface area contributed by atoms with Gasteiger partial charge in [0.05, 0.1) is 11.3 Å². The van der Waals surface area contributed by atoms with Crippen LogP contribution in [-0.4, -0.2) is 15.8 Å². The van der Waals surface area contributed by atoms with Gasteiger partial charge in [0.2, 0.25) is 11.7 Å². The highest BCUT2D eigenvalue weighted by Gasteiger charge is 2.21. The second kappa shape index (κ2) is 5.59. The maximum Gasteiger partial charge on any atom is 0.311 e. The Labute approximate surface area is 128 Å². The fraction of sp³-hybridized carbons (Fsp3) is 0.143. The zero-order chi connectivity index (χ0) is 16.6. The quantitative estimate of drug-likeness (QED) is 0.666. The zero-order valence-corrected chi connectivity index (χ0v) is 11.5. The molecule has 0 spiro atoms. The van der Waals surface area contributed by atoms with E-state index >= 15 is 0 Å². The zero-order valence-electron chi connectivity index (χ0n) is 11.5. The summed E-state index contributed by atoms with van der Waals surface area (Å²) in [6, 6.07) is 6.72. The van der Waals surface area contributed by atoms with Gasteiger partial charge in [0.25, 0.3) is 6.43 Å². The van der Waals surface area contributed by atoms with Crippen molar-refractivity contribution in [1.82, 2.24) is 4.98 Å². The van der Waals surface area contributed by atoms with Gasteiger partial charge in [0.1, 0.15) is 5.69 Å². The van der Waals surface area contributed by atoms with E-state index in [1.54, 1.807) is 18.2 Å². The number of fused-ring (bicyclic) bond motifs is 1. The third-order valence-electron chi connectivity index (χ3n) is 3.31. The van der Waals surface area contributed by atoms with E-state index in [9.17, 15) is 23.7 Å². The van der Waals surface area contributed by atoms with Crippen LogP contribution in [0.2, 0.25) is 0 Å². The second-order valence-electron chi connectivity index (χ2n) is 4.88. The van der Waals surface area contributed by atoms with Crippen molar-refractivity contribution in [2.24, 2.45) is 0 Å². The maximum absolute atomic E-state index is 12.7. The first-order valence-corrected chi connectivity index (χ1v) is 6.57. The van der Waals surface area contributed by atoms with Crippen LogP contribution in [0, 0.1) is 10.1 Å². The number of benzene rings is 1. The van der Waals surface area contributed by atoms with E-state index in [0.29, 0.717) is 16.9 Å². The Morgan fingerprint density at radius 3 is 2.78 bits per heavy atom. The lowest BCUT2D eigenvalue weighted by molar-refractivity contribution is -0.384. The molecule has 0 fully saturated rings. The Hall–Kier alpha value is -3.10. The van der Waals surface area contributed by atoms with E-state index in [1.807, 2.05) is 0 Å². The van der Waals surface area contributed by atoms with Gasteiger partial charge in [-0.25, -0.2) is 13.8 Å². The van der Waals surface area contributed by atoms with E-state index < -0.39 is 22.7 Å². The molecule has 1 aliphatic heterocycles. The van der Waals surface area contributed by atoms with Crippen LogP contribution in [0.3, 0.4) is 0 Å². The van der Waals surface area contributed by atoms with Gasteiger partial charge >= 0.3 is 5.69 Å². The molecule has 1 aromatic heterocycles. The van der Waals surface area contributed by atoms with Crippen LogP contribution in [0.25, 0.3) is 0 Å². The van der Waals surface area contributed by atoms with E-state index in [-0.39, 0.29) is 18.1 Å². The molecule has 0 saturated carbocycles. The van der Waals surface area contributed by atoms with Gasteiger partial charge in [0.15, 0.2) is 0 Å². The first kappa shape index (κ1) is 14.8. The summed E-state index contributed by atoms with van der Waals surface area (Å²) in [4.78, 5) is 25.2. The molecule has 23 heavy (non-hydrogen) atoms. The average molecular weight is 320 g/mol. The maximum atomic E-state index is 12.7. The molecule has 0 atom stereocenters. The number of carbonyl (C=O) groups excluding carboxylic acids is 1. The molecule has 0 bridgehead atoms. The van der Waals surface area contributed by atoms with E-state index in [0.717, 1.165) is 12.1 Å². The molecule has 2 heterocycles. The van der Waals surface area contributed by atoms with Gasteiger partial charge < -0.3 is 10.6 Å². The molecule has 0 radical (unpaired) electrons. The Kier molecular flexibility index (Phi) is 3.61. The van der Waals surface area contributed by atoms with Crippen LogP contribution in [0.4, 0.5) is 31.7 Å². The molecule has 7 nitrogen and oxygen atoms in total. The fourth-order valence-electron chi connectivity index (χ4n) is 2.27. The van der Waals surface area contributed by atoms with Crippen LogP contribution >= 0.6 is 0 Å². The number of carbonyl (C=O) groups is 1. The number of aromatic nitrogens is 1. The Balaban J connectivity index is 1.96. The number of rotatable bonds is 4. The number of pyridine rings is 1. The molecule has 118 valence electrons. The summed E-state index contributed by atoms with van der Waals surface area (Å²) in [6.45, 7) is 0. The minimum Gasteiger partial charge on any atom is -0.334 e. The first-order valence-electron chi connectivity index (χ1n) is 6.57. The van der Waals surface area contributed by atoms with Crippen LogP contribution in [0.5, 0.6) is 0 Å². The van der Waals surface area contributed by atoms with Gasteiger partial charge in [0, 0.05) is 17.4 Å². The number of hydrogen-bond donors (Lipinski definition) is 2. The highest BCUT2D eigenvalue weighted by atomic mass is 19.3. The number of nitrogens with one attached hydrogen (secondary N) is 2. The van der Waals surface area contributed by atoms with Crippen molar-refractivity contribution >= 4 is 28.8 Å². The molecule has 1 aliphatic rings. The average Bonchev–Trinajstić information content (AvgIpc) is 2.86. The van der Waals surface area contributed by atoms with E-state index in [2.05, 4.69) is 15.6 Å². The van der Waals surface area contributed by atoms with Gasteiger partial charge in [-0.3, -0.25) is 14.9 Å². The van der Waals surface area contributed by atoms with Gasteiger partial charge in [-0.15, -0.1) is 0 Å². The van der Waals surface area contributed by atoms with Crippen LogP contribution in [-0.2, 0) is 11.2 Å². The number of alkyl halides is 2. The largest absolute Gasteiger partial charge is 0.334 e. The topological polar surface area (TPSA) is 97.2 Å². The predicted molar refractivity (Wildman–Crippen MR) is 77.9 cm³/mol. The molecule has 1 aromatic carbocycles. The number of nitro groups is 1. The monoisotopic (exact) mass is 320 g/mol. The third-order valence-corrected chi connectivity index (χ3v) is 3.31. The van der Waals surface area contributed by atoms with Crippen LogP contribution in [0.1, 0.15) is 17.7 Å². The second-order valence-corrected chi connectivity index (χ2v) is 4.88. The molecule has 0 saturated heterocycles. The van der Waals surface area contributed by atoms with Crippen molar-refractivity contribution in [1.29, 1.82) is 0 Å². The SMILES string of the molecule is O=C1Cc2cc(Nc3nc(C(F)F)ccc3[N+](=O)[O-])ccc2N1. The van der Waals surface area contributed by atoms with Crippen molar-refractivity contribution < 1.29 is 18.5 Å². The minimum atomic E-state index is -2.84. The molecule has 1 amide bonds. The highest BCUT2D eigenvalue weighted by Crippen LogP contribution is 2.31. The summed E-state index contributed by atoms with van der Waals surface area (Å²) >= 11 is 0. The van der Waals surface area contributed by atoms with E-state index in [1.165, 1.54) is 0 Å². The highest BCUT2D eigenvalue weighted by molar-refractivity contribution is 5.99. The van der Waals surface area contributed by atoms with Gasteiger partial charge in [-0.05, 0) is 29.8 Å². The predicted octanol–water partition coefficient (Wildman–Crippen LogP) is 3.17. The molecule has 2 N–H and O–H groups in total. The summed E-state index contributed by atoms with van der Waals surface area (Å²) in [5.74, 6) is -0.425. The number of anilines is 3. The molecular weight excluding hydrogens is 310 g/mol. The Morgan fingerprint density at radius 2 is 2.09 bits per heavy atom. The third kappa shape index (κ3) is 2.93. The molecular formula is C14H10F2N4O3. The lowest BCUT2D eigenvalue weighted by atomic mass is 10.1. The Bertz CT molecular complexity index is 811. The fourth-order valence-corrected chi connectivity index (χ4v) is 2.27. The first-order chi connectivity index (χ1) is 10.9. The van der Waals surface area contributed by atoms with Gasteiger partial charge in [-0.2, -0.15) is 0 Å². The van der Waals surface area contributed by atoms with Crippen molar-refractivity contribution in [3.63, 3.8) is 0 Å². The molecule has 3 rings (SSSR count). The minimum absolute atomic E-state index is 0.152. The summed E-state index contributed by atoms with van der Waals surface area (Å²) in [5, 5.41) is 16.3. The molecule has 0 aliphatic carbocycles. The summed E-state index contributed by atoms with van der Waals surface area (Å²) in [7, 11) is 0. The van der Waals surface area contributed by atoms with Crippen molar-refractivity contribution in [3.8, 4) is 0 Å². The van der Waals surface area contributed by atoms with Crippen LogP contribution < -0.4 is 10.6 Å². The molecule has 9 heteroatoms. The molecule has 2 aromatic rings. The number of nitrogens with zero attached hydrogens (tertiary/aromatic N) is 2. The van der Waals surface area contributed by atoms with Crippen molar-refractivity contribution in [2.75, 3.05) is 10.6 Å². The van der Waals surface area contributed by atoms with Crippen LogP contribution in [0.15, 0.2) is 30.3 Å². The summed E-state index contributed by atoms with van der Waals surface area (Å²) in [6.07, 6.45) is -2.64. The summed E-state index contributed by atoms with van der Waals surface area (Å²) < 4.78 is 25.5. The normalized spacial score (nSPS) is 12.9. The van der Waals surface area contributed by atoms with Crippen molar-refractivity contribution in [3.05, 3.63) is 51.7 Å². The summed E-state index contributed by atoms with van der Waals surface area (Å²) in [5.41, 5.74) is 0.819. The van der Waals surface area contributed by atoms with Gasteiger partial charge in [-0.1, -0.05) is 0 Å². The smallest absolute Gasteiger partial charge is 0.311 e. The Morgan fingerprint density at radius 1 is 1.30 bits per heavy atom. The van der Waals surface area contributed by atoms with E-state index in [4.69, 9.17) is 0 Å². The van der Waals surface area contributed by atoms with Crippen molar-refractivity contribution in [2.45, 2.75) is 12.8 Å². The lowest BCUT2D eigenvalue weighted by Gasteiger charge is -2.09. The molecule has 0 unspecified atom stereocenters.